The standard InChI is InChI=1S/C9H20N2O3S/c1-3-15(12,13)10-5-4-9-8-11(2)6-7-14-9/h9-10H,3-8H2,1-2H3. The Morgan fingerprint density at radius 3 is 2.87 bits per heavy atom. The highest BCUT2D eigenvalue weighted by molar-refractivity contribution is 7.89. The van der Waals surface area contributed by atoms with Crippen LogP contribution in [0.15, 0.2) is 0 Å². The monoisotopic (exact) mass is 236 g/mol. The van der Waals surface area contributed by atoms with Crippen LogP contribution in [0, 0.1) is 0 Å². The second-order valence-corrected chi connectivity index (χ2v) is 5.94. The molecule has 6 heteroatoms. The molecule has 1 rings (SSSR count). The molecule has 1 aliphatic heterocycles. The quantitative estimate of drug-likeness (QED) is 0.708. The van der Waals surface area contributed by atoms with Crippen molar-refractivity contribution in [3.05, 3.63) is 0 Å². The Hall–Kier alpha value is -0.170. The van der Waals surface area contributed by atoms with Gasteiger partial charge in [0.15, 0.2) is 0 Å². The number of ether oxygens (including phenoxy) is 1. The van der Waals surface area contributed by atoms with Crippen LogP contribution in [0.5, 0.6) is 0 Å². The van der Waals surface area contributed by atoms with Gasteiger partial charge in [-0.15, -0.1) is 0 Å². The number of morpholine rings is 1. The highest BCUT2D eigenvalue weighted by Gasteiger charge is 2.17. The third-order valence-corrected chi connectivity index (χ3v) is 3.91. The molecule has 1 aliphatic rings. The Morgan fingerprint density at radius 1 is 1.53 bits per heavy atom. The minimum absolute atomic E-state index is 0.137. The molecule has 0 saturated carbocycles. The summed E-state index contributed by atoms with van der Waals surface area (Å²) in [6.07, 6.45) is 0.895. The summed E-state index contributed by atoms with van der Waals surface area (Å²) in [4.78, 5) is 2.20. The molecule has 0 radical (unpaired) electrons. The second-order valence-electron chi connectivity index (χ2n) is 3.84. The van der Waals surface area contributed by atoms with Gasteiger partial charge in [-0.1, -0.05) is 0 Å². The highest BCUT2D eigenvalue weighted by atomic mass is 32.2. The van der Waals surface area contributed by atoms with Gasteiger partial charge >= 0.3 is 0 Å². The van der Waals surface area contributed by atoms with Crippen molar-refractivity contribution in [2.45, 2.75) is 19.4 Å². The predicted molar refractivity (Wildman–Crippen MR) is 59.3 cm³/mol. The number of likely N-dealkylation sites (N-methyl/N-ethyl adjacent to an activating group) is 1. The van der Waals surface area contributed by atoms with E-state index in [4.69, 9.17) is 4.74 Å². The van der Waals surface area contributed by atoms with Crippen LogP contribution in [-0.2, 0) is 14.8 Å². The highest BCUT2D eigenvalue weighted by Crippen LogP contribution is 2.06. The fraction of sp³-hybridized carbons (Fsp3) is 1.00. The second kappa shape index (κ2) is 5.79. The van der Waals surface area contributed by atoms with Crippen molar-refractivity contribution in [2.75, 3.05) is 39.0 Å². The van der Waals surface area contributed by atoms with E-state index in [1.165, 1.54) is 0 Å². The lowest BCUT2D eigenvalue weighted by Crippen LogP contribution is -2.41. The van der Waals surface area contributed by atoms with Gasteiger partial charge < -0.3 is 9.64 Å². The van der Waals surface area contributed by atoms with E-state index in [0.29, 0.717) is 6.54 Å². The van der Waals surface area contributed by atoms with Crippen LogP contribution in [-0.4, -0.2) is 58.5 Å². The molecule has 0 bridgehead atoms. The molecule has 0 spiro atoms. The summed E-state index contributed by atoms with van der Waals surface area (Å²) < 4.78 is 30.4. The van der Waals surface area contributed by atoms with Gasteiger partial charge in [-0.05, 0) is 20.4 Å². The van der Waals surface area contributed by atoms with Crippen molar-refractivity contribution >= 4 is 10.0 Å². The number of rotatable bonds is 5. The molecule has 0 aromatic rings. The normalized spacial score (nSPS) is 24.3. The molecule has 90 valence electrons. The maximum absolute atomic E-state index is 11.1. The van der Waals surface area contributed by atoms with E-state index in [1.807, 2.05) is 7.05 Å². The molecule has 1 saturated heterocycles. The Bertz CT molecular complexity index is 279. The summed E-state index contributed by atoms with van der Waals surface area (Å²) in [5.41, 5.74) is 0. The van der Waals surface area contributed by atoms with Crippen LogP contribution in [0.3, 0.4) is 0 Å². The first kappa shape index (κ1) is 12.9. The van der Waals surface area contributed by atoms with E-state index >= 15 is 0 Å². The summed E-state index contributed by atoms with van der Waals surface area (Å²) in [6.45, 7) is 4.68. The van der Waals surface area contributed by atoms with Crippen molar-refractivity contribution < 1.29 is 13.2 Å². The number of nitrogens with one attached hydrogen (secondary N) is 1. The van der Waals surface area contributed by atoms with E-state index in [0.717, 1.165) is 26.1 Å². The molecule has 1 unspecified atom stereocenters. The van der Waals surface area contributed by atoms with Crippen LogP contribution < -0.4 is 4.72 Å². The zero-order valence-corrected chi connectivity index (χ0v) is 10.2. The maximum atomic E-state index is 11.1. The first-order valence-electron chi connectivity index (χ1n) is 5.31. The molecular weight excluding hydrogens is 216 g/mol. The molecule has 15 heavy (non-hydrogen) atoms. The van der Waals surface area contributed by atoms with Gasteiger partial charge in [-0.25, -0.2) is 13.1 Å². The van der Waals surface area contributed by atoms with Crippen molar-refractivity contribution in [3.8, 4) is 0 Å². The van der Waals surface area contributed by atoms with E-state index < -0.39 is 10.0 Å². The number of nitrogens with zero attached hydrogens (tertiary/aromatic N) is 1. The lowest BCUT2D eigenvalue weighted by atomic mass is 10.2. The molecule has 1 N–H and O–H groups in total. The molecular formula is C9H20N2O3S. The Balaban J connectivity index is 2.20. The summed E-state index contributed by atoms with van der Waals surface area (Å²) in [6, 6.07) is 0. The maximum Gasteiger partial charge on any atom is 0.211 e. The van der Waals surface area contributed by atoms with Crippen molar-refractivity contribution in [1.82, 2.24) is 9.62 Å². The lowest BCUT2D eigenvalue weighted by molar-refractivity contribution is -0.0222. The average molecular weight is 236 g/mol. The van der Waals surface area contributed by atoms with Crippen LogP contribution >= 0.6 is 0 Å². The van der Waals surface area contributed by atoms with E-state index in [9.17, 15) is 8.42 Å². The van der Waals surface area contributed by atoms with Crippen molar-refractivity contribution in [3.63, 3.8) is 0 Å². The van der Waals surface area contributed by atoms with Crippen LogP contribution in [0.4, 0.5) is 0 Å². The molecule has 1 fully saturated rings. The fourth-order valence-electron chi connectivity index (χ4n) is 1.52. The zero-order chi connectivity index (χ0) is 11.3. The fourth-order valence-corrected chi connectivity index (χ4v) is 2.15. The van der Waals surface area contributed by atoms with Gasteiger partial charge in [0, 0.05) is 19.6 Å². The van der Waals surface area contributed by atoms with Gasteiger partial charge in [-0.2, -0.15) is 0 Å². The third kappa shape index (κ3) is 4.92. The largest absolute Gasteiger partial charge is 0.376 e. The molecule has 1 atom stereocenters. The van der Waals surface area contributed by atoms with Crippen LogP contribution in [0.25, 0.3) is 0 Å². The summed E-state index contributed by atoms with van der Waals surface area (Å²) in [5.74, 6) is 0.137. The first-order valence-corrected chi connectivity index (χ1v) is 6.96. The minimum atomic E-state index is -3.05. The minimum Gasteiger partial charge on any atom is -0.376 e. The zero-order valence-electron chi connectivity index (χ0n) is 9.40. The molecule has 0 aromatic carbocycles. The first-order chi connectivity index (χ1) is 7.03. The van der Waals surface area contributed by atoms with Gasteiger partial charge in [-0.3, -0.25) is 0 Å². The van der Waals surface area contributed by atoms with Gasteiger partial charge in [0.05, 0.1) is 18.5 Å². The summed E-state index contributed by atoms with van der Waals surface area (Å²) >= 11 is 0. The molecule has 1 heterocycles. The van der Waals surface area contributed by atoms with Gasteiger partial charge in [0.1, 0.15) is 0 Å². The molecule has 0 aromatic heterocycles. The smallest absolute Gasteiger partial charge is 0.211 e. The average Bonchev–Trinajstić information content (AvgIpc) is 2.18. The molecule has 0 aliphatic carbocycles. The van der Waals surface area contributed by atoms with Crippen molar-refractivity contribution in [2.24, 2.45) is 0 Å². The van der Waals surface area contributed by atoms with Crippen LogP contribution in [0.2, 0.25) is 0 Å². The predicted octanol–water partition coefficient (Wildman–Crippen LogP) is -0.354. The Labute approximate surface area is 91.8 Å². The SMILES string of the molecule is CCS(=O)(=O)NCCC1CN(C)CCO1. The van der Waals surface area contributed by atoms with E-state index in [2.05, 4.69) is 9.62 Å². The molecule has 5 nitrogen and oxygen atoms in total. The topological polar surface area (TPSA) is 58.6 Å². The third-order valence-electron chi connectivity index (χ3n) is 2.51. The van der Waals surface area contributed by atoms with Crippen molar-refractivity contribution in [1.29, 1.82) is 0 Å². The van der Waals surface area contributed by atoms with Gasteiger partial charge in [0.2, 0.25) is 10.0 Å². The lowest BCUT2D eigenvalue weighted by Gasteiger charge is -2.30. The van der Waals surface area contributed by atoms with E-state index in [-0.39, 0.29) is 11.9 Å². The number of hydrogen-bond acceptors (Lipinski definition) is 4. The number of sulfonamides is 1. The van der Waals surface area contributed by atoms with E-state index in [1.54, 1.807) is 6.92 Å². The van der Waals surface area contributed by atoms with Crippen LogP contribution in [0.1, 0.15) is 13.3 Å². The molecule has 0 amide bonds. The van der Waals surface area contributed by atoms with Gasteiger partial charge in [0.25, 0.3) is 0 Å². The summed E-state index contributed by atoms with van der Waals surface area (Å²) in [7, 11) is -1.01. The summed E-state index contributed by atoms with van der Waals surface area (Å²) in [5, 5.41) is 0. The Kier molecular flexibility index (Phi) is 4.98. The Morgan fingerprint density at radius 2 is 2.27 bits per heavy atom. The number of hydrogen-bond donors (Lipinski definition) is 1.